The standard InChI is InChI=1S/C15H20N4O2S/c1-8(2)15-18-10(4)13(22-15)14(21)16-6-5-11-17-9(3)7-12(20)19-11/h7-8H,5-6H2,1-4H3,(H,16,21)(H,17,19,20). The fraction of sp³-hybridized carbons (Fsp3) is 0.467. The molecule has 0 aromatic carbocycles. The van der Waals surface area contributed by atoms with E-state index in [1.54, 1.807) is 6.92 Å². The molecule has 0 spiro atoms. The van der Waals surface area contributed by atoms with E-state index in [9.17, 15) is 9.59 Å². The highest BCUT2D eigenvalue weighted by atomic mass is 32.1. The molecule has 0 atom stereocenters. The van der Waals surface area contributed by atoms with Gasteiger partial charge in [0.15, 0.2) is 0 Å². The first-order chi connectivity index (χ1) is 10.4. The highest BCUT2D eigenvalue weighted by Gasteiger charge is 2.16. The minimum atomic E-state index is -0.172. The van der Waals surface area contributed by atoms with Gasteiger partial charge in [0, 0.05) is 30.6 Å². The zero-order valence-corrected chi connectivity index (χ0v) is 14.0. The van der Waals surface area contributed by atoms with Crippen molar-refractivity contribution in [3.63, 3.8) is 0 Å². The molecule has 0 aliphatic carbocycles. The second kappa shape index (κ2) is 6.83. The maximum Gasteiger partial charge on any atom is 0.263 e. The van der Waals surface area contributed by atoms with Crippen molar-refractivity contribution in [1.29, 1.82) is 0 Å². The number of aromatic amines is 1. The number of nitrogens with one attached hydrogen (secondary N) is 2. The minimum Gasteiger partial charge on any atom is -0.351 e. The first kappa shape index (κ1) is 16.4. The van der Waals surface area contributed by atoms with Gasteiger partial charge in [-0.1, -0.05) is 13.8 Å². The van der Waals surface area contributed by atoms with Crippen molar-refractivity contribution in [2.24, 2.45) is 0 Å². The molecule has 7 heteroatoms. The number of carbonyl (C=O) groups is 1. The molecule has 0 bridgehead atoms. The smallest absolute Gasteiger partial charge is 0.263 e. The molecule has 2 rings (SSSR count). The van der Waals surface area contributed by atoms with Gasteiger partial charge in [-0.2, -0.15) is 0 Å². The summed E-state index contributed by atoms with van der Waals surface area (Å²) in [6, 6.07) is 1.44. The molecule has 0 saturated heterocycles. The van der Waals surface area contributed by atoms with Crippen molar-refractivity contribution < 1.29 is 4.79 Å². The summed E-state index contributed by atoms with van der Waals surface area (Å²) < 4.78 is 0. The third-order valence-electron chi connectivity index (χ3n) is 3.08. The molecule has 0 fully saturated rings. The van der Waals surface area contributed by atoms with Crippen molar-refractivity contribution in [2.45, 2.75) is 40.0 Å². The summed E-state index contributed by atoms with van der Waals surface area (Å²) in [6.45, 7) is 8.14. The Labute approximate surface area is 133 Å². The van der Waals surface area contributed by atoms with Gasteiger partial charge in [-0.25, -0.2) is 9.97 Å². The van der Waals surface area contributed by atoms with Crippen molar-refractivity contribution in [3.8, 4) is 0 Å². The highest BCUT2D eigenvalue weighted by molar-refractivity contribution is 7.13. The van der Waals surface area contributed by atoms with Gasteiger partial charge >= 0.3 is 0 Å². The molecular weight excluding hydrogens is 300 g/mol. The van der Waals surface area contributed by atoms with Crippen molar-refractivity contribution >= 4 is 17.2 Å². The average molecular weight is 320 g/mol. The summed E-state index contributed by atoms with van der Waals surface area (Å²) in [4.78, 5) is 35.5. The average Bonchev–Trinajstić information content (AvgIpc) is 2.80. The molecular formula is C15H20N4O2S. The Kier molecular flexibility index (Phi) is 5.07. The van der Waals surface area contributed by atoms with Gasteiger partial charge in [0.1, 0.15) is 10.7 Å². The van der Waals surface area contributed by atoms with Gasteiger partial charge in [-0.05, 0) is 13.8 Å². The second-order valence-corrected chi connectivity index (χ2v) is 6.49. The van der Waals surface area contributed by atoms with Crippen LogP contribution in [0.3, 0.4) is 0 Å². The van der Waals surface area contributed by atoms with Crippen LogP contribution in [0.15, 0.2) is 10.9 Å². The third kappa shape index (κ3) is 4.00. The number of H-pyrrole nitrogens is 1. The predicted octanol–water partition coefficient (Wildman–Crippen LogP) is 1.94. The SMILES string of the molecule is Cc1cc(=O)[nH]c(CCNC(=O)c2sc(C(C)C)nc2C)n1. The van der Waals surface area contributed by atoms with Gasteiger partial charge in [-0.3, -0.25) is 9.59 Å². The van der Waals surface area contributed by atoms with E-state index in [4.69, 9.17) is 0 Å². The normalized spacial score (nSPS) is 11.0. The van der Waals surface area contributed by atoms with Crippen LogP contribution in [0.4, 0.5) is 0 Å². The monoisotopic (exact) mass is 320 g/mol. The lowest BCUT2D eigenvalue weighted by molar-refractivity contribution is 0.0957. The molecule has 2 heterocycles. The van der Waals surface area contributed by atoms with Crippen LogP contribution in [0.1, 0.15) is 51.7 Å². The summed E-state index contributed by atoms with van der Waals surface area (Å²) in [7, 11) is 0. The number of amides is 1. The van der Waals surface area contributed by atoms with Crippen LogP contribution in [-0.4, -0.2) is 27.4 Å². The first-order valence-electron chi connectivity index (χ1n) is 7.19. The number of carbonyl (C=O) groups excluding carboxylic acids is 1. The lowest BCUT2D eigenvalue weighted by Gasteiger charge is -2.04. The quantitative estimate of drug-likeness (QED) is 0.881. The van der Waals surface area contributed by atoms with Crippen molar-refractivity contribution in [3.05, 3.63) is 43.5 Å². The zero-order chi connectivity index (χ0) is 16.3. The summed E-state index contributed by atoms with van der Waals surface area (Å²) in [5, 5.41) is 3.81. The van der Waals surface area contributed by atoms with Crippen molar-refractivity contribution in [2.75, 3.05) is 6.54 Å². The lowest BCUT2D eigenvalue weighted by Crippen LogP contribution is -2.26. The van der Waals surface area contributed by atoms with E-state index in [0.29, 0.717) is 35.3 Å². The Balaban J connectivity index is 1.97. The predicted molar refractivity (Wildman–Crippen MR) is 86.6 cm³/mol. The number of aromatic nitrogens is 3. The molecule has 2 N–H and O–H groups in total. The lowest BCUT2D eigenvalue weighted by atomic mass is 10.2. The van der Waals surface area contributed by atoms with Gasteiger partial charge in [0.05, 0.1) is 10.7 Å². The summed E-state index contributed by atoms with van der Waals surface area (Å²) in [5.74, 6) is 0.762. The van der Waals surface area contributed by atoms with E-state index in [1.165, 1.54) is 17.4 Å². The molecule has 0 aliphatic heterocycles. The highest BCUT2D eigenvalue weighted by Crippen LogP contribution is 2.24. The molecule has 2 aromatic heterocycles. The third-order valence-corrected chi connectivity index (χ3v) is 4.54. The Bertz CT molecular complexity index is 733. The fourth-order valence-electron chi connectivity index (χ4n) is 2.01. The van der Waals surface area contributed by atoms with Gasteiger partial charge < -0.3 is 10.3 Å². The Morgan fingerprint density at radius 1 is 1.36 bits per heavy atom. The molecule has 0 unspecified atom stereocenters. The maximum absolute atomic E-state index is 12.2. The number of thiazole rings is 1. The molecule has 2 aromatic rings. The van der Waals surface area contributed by atoms with E-state index in [1.807, 2.05) is 6.92 Å². The Morgan fingerprint density at radius 3 is 2.68 bits per heavy atom. The van der Waals surface area contributed by atoms with Crippen LogP contribution in [0, 0.1) is 13.8 Å². The number of nitrogens with zero attached hydrogens (tertiary/aromatic N) is 2. The summed E-state index contributed by atoms with van der Waals surface area (Å²) in [5.41, 5.74) is 1.26. The molecule has 1 amide bonds. The number of hydrogen-bond donors (Lipinski definition) is 2. The van der Waals surface area contributed by atoms with Crippen LogP contribution >= 0.6 is 11.3 Å². The van der Waals surface area contributed by atoms with Crippen LogP contribution in [0.2, 0.25) is 0 Å². The second-order valence-electron chi connectivity index (χ2n) is 5.46. The van der Waals surface area contributed by atoms with Gasteiger partial charge in [0.2, 0.25) is 0 Å². The Hall–Kier alpha value is -2.02. The van der Waals surface area contributed by atoms with Crippen LogP contribution in [-0.2, 0) is 6.42 Å². The summed E-state index contributed by atoms with van der Waals surface area (Å²) >= 11 is 1.43. The van der Waals surface area contributed by atoms with Gasteiger partial charge in [0.25, 0.3) is 11.5 Å². The molecule has 22 heavy (non-hydrogen) atoms. The van der Waals surface area contributed by atoms with Crippen LogP contribution in [0.5, 0.6) is 0 Å². The fourth-order valence-corrected chi connectivity index (χ4v) is 2.99. The number of aryl methyl sites for hydroxylation is 2. The van der Waals surface area contributed by atoms with E-state index in [2.05, 4.69) is 34.1 Å². The van der Waals surface area contributed by atoms with Gasteiger partial charge in [-0.15, -0.1) is 11.3 Å². The largest absolute Gasteiger partial charge is 0.351 e. The maximum atomic E-state index is 12.2. The molecule has 0 saturated carbocycles. The Morgan fingerprint density at radius 2 is 2.09 bits per heavy atom. The topological polar surface area (TPSA) is 87.7 Å². The number of hydrogen-bond acceptors (Lipinski definition) is 5. The van der Waals surface area contributed by atoms with Crippen molar-refractivity contribution in [1.82, 2.24) is 20.3 Å². The number of rotatable bonds is 5. The molecule has 118 valence electrons. The zero-order valence-electron chi connectivity index (χ0n) is 13.2. The molecule has 0 radical (unpaired) electrons. The minimum absolute atomic E-state index is 0.128. The molecule has 0 aliphatic rings. The van der Waals surface area contributed by atoms with Crippen LogP contribution < -0.4 is 10.9 Å². The van der Waals surface area contributed by atoms with E-state index in [0.717, 1.165) is 10.7 Å². The van der Waals surface area contributed by atoms with E-state index in [-0.39, 0.29) is 11.5 Å². The van der Waals surface area contributed by atoms with E-state index >= 15 is 0 Å². The summed E-state index contributed by atoms with van der Waals surface area (Å²) in [6.07, 6.45) is 0.484. The molecule has 6 nitrogen and oxygen atoms in total. The van der Waals surface area contributed by atoms with Crippen LogP contribution in [0.25, 0.3) is 0 Å². The first-order valence-corrected chi connectivity index (χ1v) is 8.01. The van der Waals surface area contributed by atoms with E-state index < -0.39 is 0 Å².